The molecule has 1 unspecified atom stereocenters. The van der Waals surface area contributed by atoms with Crippen LogP contribution in [0.25, 0.3) is 0 Å². The molecule has 0 aromatic heterocycles. The Kier molecular flexibility index (Phi) is 10.8. The molecule has 0 fully saturated rings. The molecule has 0 bridgehead atoms. The predicted octanol–water partition coefficient (Wildman–Crippen LogP) is 2.91. The third-order valence-corrected chi connectivity index (χ3v) is 2.87. The highest BCUT2D eigenvalue weighted by Crippen LogP contribution is 2.14. The fourth-order valence-electron chi connectivity index (χ4n) is 1.71. The van der Waals surface area contributed by atoms with E-state index in [0.29, 0.717) is 6.54 Å². The molecule has 0 aliphatic rings. The molecule has 0 saturated carbocycles. The van der Waals surface area contributed by atoms with Crippen LogP contribution >= 0.6 is 0 Å². The van der Waals surface area contributed by atoms with Crippen molar-refractivity contribution in [2.45, 2.75) is 46.3 Å². The monoisotopic (exact) mass is 357 g/mol. The summed E-state index contributed by atoms with van der Waals surface area (Å²) in [6.45, 7) is 9.82. The zero-order valence-electron chi connectivity index (χ0n) is 16.3. The predicted molar refractivity (Wildman–Crippen MR) is 95.1 cm³/mol. The molecule has 0 rings (SSSR count). The molecule has 0 radical (unpaired) electrons. The van der Waals surface area contributed by atoms with Gasteiger partial charge in [-0.25, -0.2) is 9.59 Å². The summed E-state index contributed by atoms with van der Waals surface area (Å²) in [7, 11) is 2.80. The van der Waals surface area contributed by atoms with Crippen molar-refractivity contribution in [3.63, 3.8) is 0 Å². The average molecular weight is 357 g/mol. The van der Waals surface area contributed by atoms with Crippen LogP contribution in [0.4, 0.5) is 4.79 Å². The Bertz CT molecular complexity index is 474. The van der Waals surface area contributed by atoms with E-state index in [1.54, 1.807) is 26.8 Å². The molecule has 0 aromatic rings. The van der Waals surface area contributed by atoms with Crippen LogP contribution in [0.15, 0.2) is 23.8 Å². The Morgan fingerprint density at radius 3 is 2.28 bits per heavy atom. The third kappa shape index (κ3) is 11.3. The zero-order chi connectivity index (χ0) is 19.5. The van der Waals surface area contributed by atoms with Crippen molar-refractivity contribution in [2.24, 2.45) is 0 Å². The van der Waals surface area contributed by atoms with Gasteiger partial charge < -0.3 is 18.9 Å². The lowest BCUT2D eigenvalue weighted by atomic mass is 10.2. The summed E-state index contributed by atoms with van der Waals surface area (Å²) in [5.41, 5.74) is 0.423. The minimum Gasteiger partial charge on any atom is -0.466 e. The van der Waals surface area contributed by atoms with Gasteiger partial charge in [-0.3, -0.25) is 4.90 Å². The molecule has 0 aliphatic carbocycles. The van der Waals surface area contributed by atoms with Crippen LogP contribution in [0.1, 0.15) is 34.6 Å². The molecule has 0 aliphatic heterocycles. The Morgan fingerprint density at radius 2 is 1.80 bits per heavy atom. The minimum atomic E-state index is -0.635. The van der Waals surface area contributed by atoms with Gasteiger partial charge in [-0.15, -0.1) is 0 Å². The number of amides is 1. The number of rotatable bonds is 9. The Balaban J connectivity index is 5.44. The van der Waals surface area contributed by atoms with E-state index < -0.39 is 23.7 Å². The van der Waals surface area contributed by atoms with Crippen LogP contribution in [0, 0.1) is 0 Å². The van der Waals surface area contributed by atoms with E-state index in [0.717, 1.165) is 5.57 Å². The molecule has 1 atom stereocenters. The normalized spacial score (nSPS) is 12.6. The third-order valence-electron chi connectivity index (χ3n) is 2.87. The number of allylic oxidation sites excluding steroid dienone is 1. The van der Waals surface area contributed by atoms with Crippen LogP contribution in [-0.2, 0) is 23.7 Å². The second-order valence-electron chi connectivity index (χ2n) is 6.64. The molecule has 7 nitrogen and oxygen atoms in total. The maximum absolute atomic E-state index is 12.6. The van der Waals surface area contributed by atoms with Gasteiger partial charge in [0, 0.05) is 19.7 Å². The van der Waals surface area contributed by atoms with Crippen molar-refractivity contribution < 1.29 is 28.5 Å². The van der Waals surface area contributed by atoms with Gasteiger partial charge in [-0.1, -0.05) is 17.7 Å². The second kappa shape index (κ2) is 11.7. The maximum Gasteiger partial charge on any atom is 0.411 e. The van der Waals surface area contributed by atoms with E-state index in [1.165, 1.54) is 25.2 Å². The number of nitrogens with zero attached hydrogens (tertiary/aromatic N) is 1. The van der Waals surface area contributed by atoms with Gasteiger partial charge in [-0.2, -0.15) is 0 Å². The summed E-state index contributed by atoms with van der Waals surface area (Å²) in [6.07, 6.45) is 4.23. The maximum atomic E-state index is 12.6. The molecule has 7 heteroatoms. The van der Waals surface area contributed by atoms with Gasteiger partial charge in [0.2, 0.25) is 0 Å². The number of carbonyl (C=O) groups excluding carboxylic acids is 2. The highest BCUT2D eigenvalue weighted by molar-refractivity contribution is 5.82. The van der Waals surface area contributed by atoms with Crippen molar-refractivity contribution in [1.82, 2.24) is 4.90 Å². The van der Waals surface area contributed by atoms with Gasteiger partial charge in [-0.05, 0) is 34.6 Å². The largest absolute Gasteiger partial charge is 0.466 e. The van der Waals surface area contributed by atoms with Crippen LogP contribution < -0.4 is 0 Å². The fourth-order valence-corrected chi connectivity index (χ4v) is 1.71. The van der Waals surface area contributed by atoms with E-state index in [4.69, 9.17) is 14.2 Å². The summed E-state index contributed by atoms with van der Waals surface area (Å²) in [6, 6.07) is -0.514. The summed E-state index contributed by atoms with van der Waals surface area (Å²) in [5, 5.41) is 0. The number of ether oxygens (including phenoxy) is 4. The van der Waals surface area contributed by atoms with Crippen molar-refractivity contribution in [1.29, 1.82) is 0 Å². The van der Waals surface area contributed by atoms with Gasteiger partial charge >= 0.3 is 12.1 Å². The van der Waals surface area contributed by atoms with Crippen molar-refractivity contribution >= 4 is 12.1 Å². The Morgan fingerprint density at radius 1 is 1.16 bits per heavy atom. The SMILES string of the molecule is COCOCC(/C=C/C(=O)OC)N(CC=C(C)C)C(=O)OC(C)(C)C. The topological polar surface area (TPSA) is 74.3 Å². The molecule has 0 heterocycles. The molecule has 25 heavy (non-hydrogen) atoms. The van der Waals surface area contributed by atoms with Crippen molar-refractivity contribution in [2.75, 3.05) is 34.2 Å². The molecule has 0 N–H and O–H groups in total. The summed E-state index contributed by atoms with van der Waals surface area (Å²) >= 11 is 0. The first kappa shape index (κ1) is 23.1. The summed E-state index contributed by atoms with van der Waals surface area (Å²) in [5.74, 6) is -0.511. The lowest BCUT2D eigenvalue weighted by Crippen LogP contribution is -2.45. The highest BCUT2D eigenvalue weighted by Gasteiger charge is 2.27. The average Bonchev–Trinajstić information content (AvgIpc) is 2.49. The van der Waals surface area contributed by atoms with E-state index in [1.807, 2.05) is 19.9 Å². The number of hydrogen-bond donors (Lipinski definition) is 0. The molecule has 0 saturated heterocycles. The van der Waals surface area contributed by atoms with Gasteiger partial charge in [0.15, 0.2) is 0 Å². The second-order valence-corrected chi connectivity index (χ2v) is 6.64. The molecule has 0 aromatic carbocycles. The van der Waals surface area contributed by atoms with Crippen LogP contribution in [0.2, 0.25) is 0 Å². The van der Waals surface area contributed by atoms with Gasteiger partial charge in [0.1, 0.15) is 12.4 Å². The number of carbonyl (C=O) groups is 2. The Labute approximate surface area is 150 Å². The first-order valence-electron chi connectivity index (χ1n) is 8.06. The molecular weight excluding hydrogens is 326 g/mol. The van der Waals surface area contributed by atoms with Crippen molar-refractivity contribution in [3.05, 3.63) is 23.8 Å². The molecule has 144 valence electrons. The first-order chi connectivity index (χ1) is 11.6. The van der Waals surface area contributed by atoms with E-state index in [9.17, 15) is 9.59 Å². The van der Waals surface area contributed by atoms with Gasteiger partial charge in [0.05, 0.1) is 19.8 Å². The number of esters is 1. The summed E-state index contributed by atoms with van der Waals surface area (Å²) < 4.78 is 20.3. The standard InChI is InChI=1S/C18H31NO6/c1-14(2)10-11-19(17(21)25-18(3,4)5)15(12-24-13-22-6)8-9-16(20)23-7/h8-10,15H,11-13H2,1-7H3/b9-8+. The van der Waals surface area contributed by atoms with Crippen LogP contribution in [-0.4, -0.2) is 62.8 Å². The van der Waals surface area contributed by atoms with Crippen molar-refractivity contribution in [3.8, 4) is 0 Å². The Hall–Kier alpha value is -1.86. The molecule has 0 spiro atoms. The summed E-state index contributed by atoms with van der Waals surface area (Å²) in [4.78, 5) is 25.5. The van der Waals surface area contributed by atoms with E-state index in [-0.39, 0.29) is 13.4 Å². The van der Waals surface area contributed by atoms with E-state index in [2.05, 4.69) is 4.74 Å². The van der Waals surface area contributed by atoms with E-state index >= 15 is 0 Å². The van der Waals surface area contributed by atoms with Crippen LogP contribution in [0.5, 0.6) is 0 Å². The van der Waals surface area contributed by atoms with Crippen LogP contribution in [0.3, 0.4) is 0 Å². The zero-order valence-corrected chi connectivity index (χ0v) is 16.3. The minimum absolute atomic E-state index is 0.0768. The first-order valence-corrected chi connectivity index (χ1v) is 8.06. The molecular formula is C18H31NO6. The van der Waals surface area contributed by atoms with Gasteiger partial charge in [0.25, 0.3) is 0 Å². The quantitative estimate of drug-likeness (QED) is 0.208. The lowest BCUT2D eigenvalue weighted by Gasteiger charge is -2.31. The lowest BCUT2D eigenvalue weighted by molar-refractivity contribution is -0.134. The fraction of sp³-hybridized carbons (Fsp3) is 0.667. The number of methoxy groups -OCH3 is 2. The highest BCUT2D eigenvalue weighted by atomic mass is 16.7. The smallest absolute Gasteiger partial charge is 0.411 e. The number of hydrogen-bond acceptors (Lipinski definition) is 6. The molecule has 1 amide bonds.